The lowest BCUT2D eigenvalue weighted by Gasteiger charge is -2.44. The maximum absolute atomic E-state index is 12.5. The Morgan fingerprint density at radius 3 is 2.62 bits per heavy atom. The van der Waals surface area contributed by atoms with Crippen molar-refractivity contribution in [3.63, 3.8) is 0 Å². The van der Waals surface area contributed by atoms with Crippen LogP contribution < -0.4 is 5.32 Å². The standard InChI is InChI=1S/C16H18N2O3/c1-11-4-2-5-12(10-11)6-9-18-14(20)16(7-3-8-16)13(19)17-15(18)21/h2,4-5,10H,3,6-9H2,1H3,(H,17,19,21). The summed E-state index contributed by atoms with van der Waals surface area (Å²) in [5, 5.41) is 2.33. The summed E-state index contributed by atoms with van der Waals surface area (Å²) in [5.74, 6) is -0.745. The number of aryl methyl sites for hydroxylation is 1. The molecule has 1 spiro atoms. The molecule has 1 heterocycles. The number of nitrogens with zero attached hydrogens (tertiary/aromatic N) is 1. The smallest absolute Gasteiger partial charge is 0.277 e. The molecule has 5 nitrogen and oxygen atoms in total. The van der Waals surface area contributed by atoms with Crippen LogP contribution in [-0.2, 0) is 16.0 Å². The van der Waals surface area contributed by atoms with Gasteiger partial charge in [0.1, 0.15) is 5.41 Å². The maximum atomic E-state index is 12.5. The summed E-state index contributed by atoms with van der Waals surface area (Å²) in [7, 11) is 0. The average molecular weight is 286 g/mol. The van der Waals surface area contributed by atoms with Gasteiger partial charge in [0.25, 0.3) is 0 Å². The summed E-state index contributed by atoms with van der Waals surface area (Å²) in [6.07, 6.45) is 2.56. The molecule has 0 unspecified atom stereocenters. The molecule has 2 fully saturated rings. The summed E-state index contributed by atoms with van der Waals surface area (Å²) in [6.45, 7) is 2.31. The van der Waals surface area contributed by atoms with Crippen LogP contribution in [0.1, 0.15) is 30.4 Å². The number of hydrogen-bond donors (Lipinski definition) is 1. The largest absolute Gasteiger partial charge is 0.330 e. The molecule has 21 heavy (non-hydrogen) atoms. The van der Waals surface area contributed by atoms with Crippen LogP contribution in [0.5, 0.6) is 0 Å². The Kier molecular flexibility index (Phi) is 3.27. The van der Waals surface area contributed by atoms with E-state index in [2.05, 4.69) is 5.32 Å². The Labute approximate surface area is 123 Å². The number of imide groups is 2. The van der Waals surface area contributed by atoms with Gasteiger partial charge < -0.3 is 0 Å². The lowest BCUT2D eigenvalue weighted by molar-refractivity contribution is -0.157. The van der Waals surface area contributed by atoms with Gasteiger partial charge in [0.2, 0.25) is 11.8 Å². The Morgan fingerprint density at radius 2 is 2.00 bits per heavy atom. The van der Waals surface area contributed by atoms with Gasteiger partial charge in [-0.3, -0.25) is 19.8 Å². The van der Waals surface area contributed by atoms with Crippen LogP contribution in [0.25, 0.3) is 0 Å². The second-order valence-corrected chi connectivity index (χ2v) is 5.89. The summed E-state index contributed by atoms with van der Waals surface area (Å²) >= 11 is 0. The highest BCUT2D eigenvalue weighted by atomic mass is 16.2. The van der Waals surface area contributed by atoms with Crippen LogP contribution >= 0.6 is 0 Å². The van der Waals surface area contributed by atoms with E-state index in [1.807, 2.05) is 31.2 Å². The van der Waals surface area contributed by atoms with Gasteiger partial charge in [0.05, 0.1) is 0 Å². The van der Waals surface area contributed by atoms with Gasteiger partial charge in [-0.15, -0.1) is 0 Å². The molecular weight excluding hydrogens is 268 g/mol. The molecule has 1 aromatic carbocycles. The van der Waals surface area contributed by atoms with Crippen molar-refractivity contribution in [3.8, 4) is 0 Å². The van der Waals surface area contributed by atoms with Crippen molar-refractivity contribution >= 4 is 17.8 Å². The van der Waals surface area contributed by atoms with Gasteiger partial charge in [-0.25, -0.2) is 4.79 Å². The first-order valence-corrected chi connectivity index (χ1v) is 7.26. The molecular formula is C16H18N2O3. The third-order valence-electron chi connectivity index (χ3n) is 4.47. The maximum Gasteiger partial charge on any atom is 0.330 e. The number of hydrogen-bond acceptors (Lipinski definition) is 3. The molecule has 2 aliphatic rings. The van der Waals surface area contributed by atoms with Crippen molar-refractivity contribution in [3.05, 3.63) is 35.4 Å². The van der Waals surface area contributed by atoms with Crippen molar-refractivity contribution in [1.29, 1.82) is 0 Å². The molecule has 1 N–H and O–H groups in total. The van der Waals surface area contributed by atoms with Gasteiger partial charge in [-0.1, -0.05) is 36.2 Å². The Bertz CT molecular complexity index is 620. The molecule has 1 saturated heterocycles. The minimum absolute atomic E-state index is 0.309. The van der Waals surface area contributed by atoms with E-state index in [-0.39, 0.29) is 5.91 Å². The number of carbonyl (C=O) groups excluding carboxylic acids is 3. The zero-order valence-electron chi connectivity index (χ0n) is 12.0. The zero-order valence-corrected chi connectivity index (χ0v) is 12.0. The number of rotatable bonds is 3. The van der Waals surface area contributed by atoms with E-state index in [0.717, 1.165) is 17.5 Å². The van der Waals surface area contributed by atoms with Crippen LogP contribution in [0, 0.1) is 12.3 Å². The fourth-order valence-corrected chi connectivity index (χ4v) is 3.01. The normalized spacial score (nSPS) is 20.4. The van der Waals surface area contributed by atoms with Crippen molar-refractivity contribution in [2.75, 3.05) is 6.54 Å². The number of barbiturate groups is 1. The average Bonchev–Trinajstić information content (AvgIpc) is 2.36. The van der Waals surface area contributed by atoms with Crippen molar-refractivity contribution in [2.45, 2.75) is 32.6 Å². The van der Waals surface area contributed by atoms with Crippen LogP contribution in [0.4, 0.5) is 4.79 Å². The number of nitrogens with one attached hydrogen (secondary N) is 1. The predicted molar refractivity (Wildman–Crippen MR) is 76.4 cm³/mol. The van der Waals surface area contributed by atoms with E-state index < -0.39 is 17.4 Å². The van der Waals surface area contributed by atoms with Crippen molar-refractivity contribution in [2.24, 2.45) is 5.41 Å². The summed E-state index contributed by atoms with van der Waals surface area (Å²) in [4.78, 5) is 37.5. The molecule has 3 rings (SSSR count). The van der Waals surface area contributed by atoms with Crippen LogP contribution in [0.15, 0.2) is 24.3 Å². The molecule has 4 amide bonds. The number of carbonyl (C=O) groups is 3. The van der Waals surface area contributed by atoms with Gasteiger partial charge in [0.15, 0.2) is 0 Å². The van der Waals surface area contributed by atoms with Gasteiger partial charge in [-0.05, 0) is 31.7 Å². The first kappa shape index (κ1) is 13.8. The van der Waals surface area contributed by atoms with E-state index >= 15 is 0 Å². The topological polar surface area (TPSA) is 66.5 Å². The Morgan fingerprint density at radius 1 is 1.24 bits per heavy atom. The molecule has 5 heteroatoms. The molecule has 1 aliphatic heterocycles. The SMILES string of the molecule is Cc1cccc(CCN2C(=O)NC(=O)C3(CCC3)C2=O)c1. The highest BCUT2D eigenvalue weighted by Crippen LogP contribution is 2.44. The first-order chi connectivity index (χ1) is 10.0. The molecule has 1 aliphatic carbocycles. The Hall–Kier alpha value is -2.17. The van der Waals surface area contributed by atoms with Crippen LogP contribution in [-0.4, -0.2) is 29.3 Å². The van der Waals surface area contributed by atoms with Gasteiger partial charge in [0, 0.05) is 6.54 Å². The van der Waals surface area contributed by atoms with Crippen LogP contribution in [0.2, 0.25) is 0 Å². The summed E-state index contributed by atoms with van der Waals surface area (Å²) in [5.41, 5.74) is 1.25. The van der Waals surface area contributed by atoms with E-state index in [0.29, 0.717) is 25.8 Å². The molecule has 1 aromatic rings. The fraction of sp³-hybridized carbons (Fsp3) is 0.438. The second-order valence-electron chi connectivity index (χ2n) is 5.89. The number of benzene rings is 1. The molecule has 0 bridgehead atoms. The molecule has 0 radical (unpaired) electrons. The molecule has 0 aromatic heterocycles. The second kappa shape index (κ2) is 4.98. The van der Waals surface area contributed by atoms with Gasteiger partial charge in [-0.2, -0.15) is 0 Å². The lowest BCUT2D eigenvalue weighted by atomic mass is 9.66. The van der Waals surface area contributed by atoms with Crippen molar-refractivity contribution < 1.29 is 14.4 Å². The highest BCUT2D eigenvalue weighted by molar-refractivity contribution is 6.19. The van der Waals surface area contributed by atoms with E-state index in [1.165, 1.54) is 4.90 Å². The minimum atomic E-state index is -0.972. The zero-order chi connectivity index (χ0) is 15.0. The third-order valence-corrected chi connectivity index (χ3v) is 4.47. The predicted octanol–water partition coefficient (Wildman–Crippen LogP) is 1.79. The highest BCUT2D eigenvalue weighted by Gasteiger charge is 2.57. The Balaban J connectivity index is 1.73. The fourth-order valence-electron chi connectivity index (χ4n) is 3.01. The molecule has 1 saturated carbocycles. The molecule has 110 valence electrons. The first-order valence-electron chi connectivity index (χ1n) is 7.26. The van der Waals surface area contributed by atoms with E-state index in [1.54, 1.807) is 0 Å². The molecule has 0 atom stereocenters. The number of amides is 4. The van der Waals surface area contributed by atoms with Crippen LogP contribution in [0.3, 0.4) is 0 Å². The monoisotopic (exact) mass is 286 g/mol. The summed E-state index contributed by atoms with van der Waals surface area (Å²) in [6, 6.07) is 7.39. The van der Waals surface area contributed by atoms with E-state index in [4.69, 9.17) is 0 Å². The minimum Gasteiger partial charge on any atom is -0.277 e. The van der Waals surface area contributed by atoms with Gasteiger partial charge >= 0.3 is 6.03 Å². The number of urea groups is 1. The third kappa shape index (κ3) is 2.22. The quantitative estimate of drug-likeness (QED) is 0.861. The van der Waals surface area contributed by atoms with Crippen molar-refractivity contribution in [1.82, 2.24) is 10.2 Å². The lowest BCUT2D eigenvalue weighted by Crippen LogP contribution is -2.66. The summed E-state index contributed by atoms with van der Waals surface area (Å²) < 4.78 is 0. The van der Waals surface area contributed by atoms with E-state index in [9.17, 15) is 14.4 Å².